The molecule has 6 heteroatoms. The lowest BCUT2D eigenvalue weighted by Crippen LogP contribution is -2.04. The molecule has 0 amide bonds. The van der Waals surface area contributed by atoms with E-state index in [4.69, 9.17) is 9.84 Å². The summed E-state index contributed by atoms with van der Waals surface area (Å²) in [5, 5.41) is 24.1. The monoisotopic (exact) mass is 234 g/mol. The largest absolute Gasteiger partial charge is 0.508 e. The molecular weight excluding hydrogens is 224 g/mol. The van der Waals surface area contributed by atoms with E-state index in [1.54, 1.807) is 12.1 Å². The van der Waals surface area contributed by atoms with Crippen molar-refractivity contribution in [3.63, 3.8) is 0 Å². The van der Waals surface area contributed by atoms with E-state index in [0.717, 1.165) is 0 Å². The average Bonchev–Trinajstić information content (AvgIpc) is 2.74. The van der Waals surface area contributed by atoms with Crippen molar-refractivity contribution in [3.05, 3.63) is 41.7 Å². The number of phenols is 1. The third-order valence-corrected chi connectivity index (χ3v) is 2.14. The molecule has 0 aliphatic carbocycles. The van der Waals surface area contributed by atoms with E-state index < -0.39 is 5.97 Å². The molecule has 0 atom stereocenters. The molecule has 17 heavy (non-hydrogen) atoms. The van der Waals surface area contributed by atoms with Crippen molar-refractivity contribution < 1.29 is 19.7 Å². The summed E-state index contributed by atoms with van der Waals surface area (Å²) in [5.74, 6) is -0.535. The molecule has 0 radical (unpaired) electrons. The molecule has 1 aromatic heterocycles. The summed E-state index contributed by atoms with van der Waals surface area (Å²) < 4.78 is 5.34. The predicted molar refractivity (Wildman–Crippen MR) is 58.0 cm³/mol. The van der Waals surface area contributed by atoms with Gasteiger partial charge in [-0.15, -0.1) is 0 Å². The van der Waals surface area contributed by atoms with Crippen LogP contribution in [0.3, 0.4) is 0 Å². The average molecular weight is 234 g/mol. The third kappa shape index (κ3) is 2.54. The number of aromatic nitrogens is 2. The molecule has 2 aromatic rings. The molecule has 2 rings (SSSR count). The van der Waals surface area contributed by atoms with Gasteiger partial charge in [0.15, 0.2) is 0 Å². The maximum absolute atomic E-state index is 10.8. The van der Waals surface area contributed by atoms with E-state index >= 15 is 0 Å². The van der Waals surface area contributed by atoms with Gasteiger partial charge in [0.25, 0.3) is 0 Å². The molecule has 3 N–H and O–H groups in total. The number of nitrogens with one attached hydrogen (secondary N) is 1. The number of H-pyrrole nitrogens is 1. The maximum atomic E-state index is 10.8. The topological polar surface area (TPSA) is 95.4 Å². The molecule has 0 spiro atoms. The van der Waals surface area contributed by atoms with Crippen molar-refractivity contribution in [2.24, 2.45) is 0 Å². The second-order valence-electron chi connectivity index (χ2n) is 3.36. The van der Waals surface area contributed by atoms with Crippen LogP contribution in [0, 0.1) is 0 Å². The Hall–Kier alpha value is -2.50. The number of hydrogen-bond donors (Lipinski definition) is 3. The summed E-state index contributed by atoms with van der Waals surface area (Å²) in [5.41, 5.74) is 0.450. The molecule has 6 nitrogen and oxygen atoms in total. The van der Waals surface area contributed by atoms with Gasteiger partial charge >= 0.3 is 5.97 Å². The maximum Gasteiger partial charge on any atom is 0.354 e. The highest BCUT2D eigenvalue weighted by molar-refractivity contribution is 5.86. The van der Waals surface area contributed by atoms with Gasteiger partial charge in [0, 0.05) is 11.6 Å². The molecule has 1 aromatic carbocycles. The first-order chi connectivity index (χ1) is 8.16. The second kappa shape index (κ2) is 4.56. The SMILES string of the molecule is O=C(O)c1[nH]ncc1COc1cccc(O)c1. The first kappa shape index (κ1) is 11.0. The molecule has 0 aliphatic heterocycles. The summed E-state index contributed by atoms with van der Waals surface area (Å²) in [6, 6.07) is 6.27. The molecule has 88 valence electrons. The number of aromatic hydroxyl groups is 1. The van der Waals surface area contributed by atoms with E-state index in [1.165, 1.54) is 18.3 Å². The fraction of sp³-hybridized carbons (Fsp3) is 0.0909. The van der Waals surface area contributed by atoms with Gasteiger partial charge in [0.05, 0.1) is 6.20 Å². The van der Waals surface area contributed by atoms with Crippen LogP contribution in [-0.2, 0) is 6.61 Å². The number of aromatic carboxylic acids is 1. The summed E-state index contributed by atoms with van der Waals surface area (Å²) in [6.07, 6.45) is 1.40. The van der Waals surface area contributed by atoms with Crippen LogP contribution in [0.1, 0.15) is 16.1 Å². The van der Waals surface area contributed by atoms with Crippen LogP contribution in [0.4, 0.5) is 0 Å². The Morgan fingerprint density at radius 2 is 2.29 bits per heavy atom. The van der Waals surface area contributed by atoms with Crippen LogP contribution in [0.2, 0.25) is 0 Å². The van der Waals surface area contributed by atoms with Crippen LogP contribution >= 0.6 is 0 Å². The van der Waals surface area contributed by atoms with Gasteiger partial charge in [-0.05, 0) is 12.1 Å². The van der Waals surface area contributed by atoms with Gasteiger partial charge in [-0.2, -0.15) is 5.10 Å². The van der Waals surface area contributed by atoms with Gasteiger partial charge in [0.2, 0.25) is 0 Å². The van der Waals surface area contributed by atoms with Crippen LogP contribution in [0.5, 0.6) is 11.5 Å². The molecule has 0 saturated heterocycles. The first-order valence-corrected chi connectivity index (χ1v) is 4.84. The summed E-state index contributed by atoms with van der Waals surface area (Å²) in [4.78, 5) is 10.8. The lowest BCUT2D eigenvalue weighted by Gasteiger charge is -2.05. The number of carboxylic acid groups (broad SMARTS) is 1. The van der Waals surface area contributed by atoms with E-state index in [0.29, 0.717) is 11.3 Å². The highest BCUT2D eigenvalue weighted by Crippen LogP contribution is 2.19. The standard InChI is InChI=1S/C11H10N2O4/c14-8-2-1-3-9(4-8)17-6-7-5-12-13-10(7)11(15)16/h1-5,14H,6H2,(H,12,13)(H,15,16). The van der Waals surface area contributed by atoms with Crippen LogP contribution in [-0.4, -0.2) is 26.4 Å². The fourth-order valence-electron chi connectivity index (χ4n) is 1.34. The van der Waals surface area contributed by atoms with Gasteiger partial charge in [-0.3, -0.25) is 5.10 Å². The minimum absolute atomic E-state index is 0.00477. The summed E-state index contributed by atoms with van der Waals surface area (Å²) in [6.45, 7) is 0.0710. The third-order valence-electron chi connectivity index (χ3n) is 2.14. The predicted octanol–water partition coefficient (Wildman–Crippen LogP) is 1.39. The normalized spacial score (nSPS) is 10.1. The van der Waals surface area contributed by atoms with Crippen molar-refractivity contribution in [1.82, 2.24) is 10.2 Å². The van der Waals surface area contributed by atoms with Crippen molar-refractivity contribution in [2.45, 2.75) is 6.61 Å². The zero-order chi connectivity index (χ0) is 12.3. The number of phenolic OH excluding ortho intramolecular Hbond substituents is 1. The molecular formula is C11H10N2O4. The van der Waals surface area contributed by atoms with Crippen molar-refractivity contribution in [1.29, 1.82) is 0 Å². The fourth-order valence-corrected chi connectivity index (χ4v) is 1.34. The number of nitrogens with zero attached hydrogens (tertiary/aromatic N) is 1. The molecule has 1 heterocycles. The number of aromatic amines is 1. The highest BCUT2D eigenvalue weighted by Gasteiger charge is 2.12. The number of benzene rings is 1. The molecule has 0 saturated carbocycles. The number of hydrogen-bond acceptors (Lipinski definition) is 4. The van der Waals surface area contributed by atoms with Gasteiger partial charge < -0.3 is 14.9 Å². The van der Waals surface area contributed by atoms with Crippen LogP contribution < -0.4 is 4.74 Å². The van der Waals surface area contributed by atoms with Crippen molar-refractivity contribution in [3.8, 4) is 11.5 Å². The molecule has 0 bridgehead atoms. The Morgan fingerprint density at radius 3 is 3.00 bits per heavy atom. The lowest BCUT2D eigenvalue weighted by molar-refractivity contribution is 0.0687. The van der Waals surface area contributed by atoms with Crippen LogP contribution in [0.25, 0.3) is 0 Å². The summed E-state index contributed by atoms with van der Waals surface area (Å²) >= 11 is 0. The van der Waals surface area contributed by atoms with E-state index in [1.807, 2.05) is 0 Å². The zero-order valence-corrected chi connectivity index (χ0v) is 8.75. The van der Waals surface area contributed by atoms with E-state index in [2.05, 4.69) is 10.2 Å². The van der Waals surface area contributed by atoms with Crippen molar-refractivity contribution in [2.75, 3.05) is 0 Å². The number of ether oxygens (including phenoxy) is 1. The number of carbonyl (C=O) groups is 1. The minimum atomic E-state index is -1.09. The van der Waals surface area contributed by atoms with Crippen LogP contribution in [0.15, 0.2) is 30.5 Å². The number of carboxylic acids is 1. The van der Waals surface area contributed by atoms with Gasteiger partial charge in [-0.25, -0.2) is 4.79 Å². The lowest BCUT2D eigenvalue weighted by atomic mass is 10.2. The summed E-state index contributed by atoms with van der Waals surface area (Å²) in [7, 11) is 0. The van der Waals surface area contributed by atoms with Crippen molar-refractivity contribution >= 4 is 5.97 Å². The van der Waals surface area contributed by atoms with Gasteiger partial charge in [-0.1, -0.05) is 6.07 Å². The smallest absolute Gasteiger partial charge is 0.354 e. The van der Waals surface area contributed by atoms with Gasteiger partial charge in [0.1, 0.15) is 23.8 Å². The molecule has 0 unspecified atom stereocenters. The Morgan fingerprint density at radius 1 is 1.47 bits per heavy atom. The molecule has 0 aliphatic rings. The Labute approximate surface area is 96.5 Å². The Kier molecular flexibility index (Phi) is 2.95. The Bertz CT molecular complexity index is 536. The van der Waals surface area contributed by atoms with E-state index in [-0.39, 0.29) is 18.1 Å². The zero-order valence-electron chi connectivity index (χ0n) is 8.75. The van der Waals surface area contributed by atoms with E-state index in [9.17, 15) is 9.90 Å². The second-order valence-corrected chi connectivity index (χ2v) is 3.36. The molecule has 0 fully saturated rings. The Balaban J connectivity index is 2.07. The number of rotatable bonds is 4. The minimum Gasteiger partial charge on any atom is -0.508 e. The highest BCUT2D eigenvalue weighted by atomic mass is 16.5. The quantitative estimate of drug-likeness (QED) is 0.743. The first-order valence-electron chi connectivity index (χ1n) is 4.84.